The van der Waals surface area contributed by atoms with Crippen LogP contribution in [0.15, 0.2) is 22.9 Å². The third kappa shape index (κ3) is 3.81. The molecule has 7 nitrogen and oxygen atoms in total. The van der Waals surface area contributed by atoms with Crippen molar-refractivity contribution in [3.05, 3.63) is 28.5 Å². The molecular weight excluding hydrogens is 306 g/mol. The number of carboxylic acids is 1. The Hall–Kier alpha value is -1.96. The molecule has 1 rings (SSSR count). The molecule has 0 aliphatic rings. The number of halogens is 1. The van der Waals surface area contributed by atoms with Crippen molar-refractivity contribution in [2.45, 2.75) is 12.5 Å². The van der Waals surface area contributed by atoms with Crippen LogP contribution in [0.1, 0.15) is 16.8 Å². The Bertz CT molecular complexity index is 492. The van der Waals surface area contributed by atoms with E-state index in [9.17, 15) is 14.4 Å². The van der Waals surface area contributed by atoms with Gasteiger partial charge in [-0.1, -0.05) is 0 Å². The Morgan fingerprint density at radius 2 is 2.17 bits per heavy atom. The van der Waals surface area contributed by atoms with E-state index in [-0.39, 0.29) is 10.2 Å². The molecule has 0 fully saturated rings. The van der Waals surface area contributed by atoms with Crippen molar-refractivity contribution >= 4 is 33.7 Å². The molecular formula is C10H10BrN3O4. The van der Waals surface area contributed by atoms with E-state index >= 15 is 0 Å². The van der Waals surface area contributed by atoms with E-state index in [0.717, 1.165) is 0 Å². The molecule has 0 saturated heterocycles. The highest BCUT2D eigenvalue weighted by Crippen LogP contribution is 2.12. The molecule has 0 spiro atoms. The highest BCUT2D eigenvalue weighted by Gasteiger charge is 2.23. The number of hydrogen-bond acceptors (Lipinski definition) is 4. The SMILES string of the molecule is NC(=O)C[C@H](NC(=O)c1cccnc1Br)C(=O)O. The lowest BCUT2D eigenvalue weighted by molar-refractivity contribution is -0.140. The lowest BCUT2D eigenvalue weighted by atomic mass is 10.2. The van der Waals surface area contributed by atoms with Crippen LogP contribution in [0.4, 0.5) is 0 Å². The van der Waals surface area contributed by atoms with Crippen LogP contribution in [0, 0.1) is 0 Å². The maximum absolute atomic E-state index is 11.8. The van der Waals surface area contributed by atoms with Gasteiger partial charge in [0.25, 0.3) is 5.91 Å². The van der Waals surface area contributed by atoms with Crippen molar-refractivity contribution in [1.82, 2.24) is 10.3 Å². The number of nitrogens with two attached hydrogens (primary N) is 1. The minimum atomic E-state index is -1.36. The first-order chi connectivity index (χ1) is 8.41. The number of carbonyl (C=O) groups excluding carboxylic acids is 2. The van der Waals surface area contributed by atoms with E-state index in [1.165, 1.54) is 18.3 Å². The summed E-state index contributed by atoms with van der Waals surface area (Å²) in [7, 11) is 0. The van der Waals surface area contributed by atoms with Gasteiger partial charge in [0.1, 0.15) is 10.6 Å². The van der Waals surface area contributed by atoms with Crippen molar-refractivity contribution in [3.63, 3.8) is 0 Å². The van der Waals surface area contributed by atoms with Crippen molar-refractivity contribution < 1.29 is 19.5 Å². The van der Waals surface area contributed by atoms with E-state index in [1.54, 1.807) is 0 Å². The van der Waals surface area contributed by atoms with Gasteiger partial charge in [0.05, 0.1) is 12.0 Å². The minimum absolute atomic E-state index is 0.174. The van der Waals surface area contributed by atoms with Gasteiger partial charge in [-0.3, -0.25) is 9.59 Å². The Balaban J connectivity index is 2.82. The van der Waals surface area contributed by atoms with Crippen LogP contribution in [0.3, 0.4) is 0 Å². The van der Waals surface area contributed by atoms with E-state index < -0.39 is 30.2 Å². The molecule has 1 heterocycles. The zero-order valence-electron chi connectivity index (χ0n) is 9.09. The molecule has 2 amide bonds. The summed E-state index contributed by atoms with van der Waals surface area (Å²) in [6.07, 6.45) is 0.998. The number of aromatic nitrogens is 1. The molecule has 0 aromatic carbocycles. The molecule has 1 atom stereocenters. The van der Waals surface area contributed by atoms with Crippen LogP contribution in [-0.2, 0) is 9.59 Å². The second kappa shape index (κ2) is 6.10. The molecule has 4 N–H and O–H groups in total. The van der Waals surface area contributed by atoms with Crippen LogP contribution in [0.5, 0.6) is 0 Å². The van der Waals surface area contributed by atoms with Gasteiger partial charge in [-0.25, -0.2) is 9.78 Å². The smallest absolute Gasteiger partial charge is 0.326 e. The number of nitrogens with zero attached hydrogens (tertiary/aromatic N) is 1. The zero-order valence-corrected chi connectivity index (χ0v) is 10.7. The summed E-state index contributed by atoms with van der Waals surface area (Å²) in [5.74, 6) is -2.79. The Morgan fingerprint density at radius 3 is 2.67 bits per heavy atom. The van der Waals surface area contributed by atoms with E-state index in [1.807, 2.05) is 0 Å². The standard InChI is InChI=1S/C10H10BrN3O4/c11-8-5(2-1-3-13-8)9(16)14-6(10(17)18)4-7(12)15/h1-3,6H,4H2,(H2,12,15)(H,14,16)(H,17,18)/t6-/m0/s1. The van der Waals surface area contributed by atoms with Gasteiger partial charge in [-0.2, -0.15) is 0 Å². The van der Waals surface area contributed by atoms with E-state index in [4.69, 9.17) is 10.8 Å². The topological polar surface area (TPSA) is 122 Å². The molecule has 18 heavy (non-hydrogen) atoms. The molecule has 0 saturated carbocycles. The number of carboxylic acid groups (broad SMARTS) is 1. The normalized spacial score (nSPS) is 11.6. The van der Waals surface area contributed by atoms with Crippen molar-refractivity contribution in [2.24, 2.45) is 5.73 Å². The molecule has 1 aromatic rings. The molecule has 8 heteroatoms. The van der Waals surface area contributed by atoms with E-state index in [2.05, 4.69) is 26.2 Å². The zero-order chi connectivity index (χ0) is 13.7. The predicted octanol–water partition coefficient (Wildman–Crippen LogP) is -0.0975. The van der Waals surface area contributed by atoms with Gasteiger partial charge in [0.2, 0.25) is 5.91 Å². The summed E-state index contributed by atoms with van der Waals surface area (Å²) in [6.45, 7) is 0. The van der Waals surface area contributed by atoms with Gasteiger partial charge >= 0.3 is 5.97 Å². The van der Waals surface area contributed by atoms with Crippen LogP contribution < -0.4 is 11.1 Å². The molecule has 0 aliphatic carbocycles. The summed E-state index contributed by atoms with van der Waals surface area (Å²) in [5.41, 5.74) is 5.07. The quantitative estimate of drug-likeness (QED) is 0.655. The van der Waals surface area contributed by atoms with Crippen molar-refractivity contribution in [2.75, 3.05) is 0 Å². The molecule has 96 valence electrons. The maximum Gasteiger partial charge on any atom is 0.326 e. The number of pyridine rings is 1. The second-order valence-electron chi connectivity index (χ2n) is 3.38. The van der Waals surface area contributed by atoms with Crippen LogP contribution in [0.2, 0.25) is 0 Å². The highest BCUT2D eigenvalue weighted by molar-refractivity contribution is 9.10. The van der Waals surface area contributed by atoms with Crippen molar-refractivity contribution in [1.29, 1.82) is 0 Å². The van der Waals surface area contributed by atoms with Gasteiger partial charge < -0.3 is 16.2 Å². The van der Waals surface area contributed by atoms with Crippen LogP contribution in [-0.4, -0.2) is 33.9 Å². The molecule has 0 unspecified atom stereocenters. The molecule has 0 bridgehead atoms. The average molecular weight is 316 g/mol. The van der Waals surface area contributed by atoms with Crippen LogP contribution >= 0.6 is 15.9 Å². The summed E-state index contributed by atoms with van der Waals surface area (Å²) >= 11 is 3.06. The largest absolute Gasteiger partial charge is 0.480 e. The summed E-state index contributed by atoms with van der Waals surface area (Å²) < 4.78 is 0.283. The maximum atomic E-state index is 11.8. The fraction of sp³-hybridized carbons (Fsp3) is 0.200. The molecule has 1 aromatic heterocycles. The first-order valence-corrected chi connectivity index (χ1v) is 5.63. The number of nitrogens with one attached hydrogen (secondary N) is 1. The van der Waals surface area contributed by atoms with Gasteiger partial charge in [-0.15, -0.1) is 0 Å². The molecule has 0 radical (unpaired) electrons. The fourth-order valence-electron chi connectivity index (χ4n) is 1.19. The first kappa shape index (κ1) is 14.1. The minimum Gasteiger partial charge on any atom is -0.480 e. The number of amides is 2. The Kier molecular flexibility index (Phi) is 4.78. The van der Waals surface area contributed by atoms with Crippen LogP contribution in [0.25, 0.3) is 0 Å². The van der Waals surface area contributed by atoms with Crippen molar-refractivity contribution in [3.8, 4) is 0 Å². The first-order valence-electron chi connectivity index (χ1n) is 4.84. The number of primary amides is 1. The second-order valence-corrected chi connectivity index (χ2v) is 4.13. The average Bonchev–Trinajstić information content (AvgIpc) is 2.27. The summed E-state index contributed by atoms with van der Waals surface area (Å²) in [4.78, 5) is 37.1. The monoisotopic (exact) mass is 315 g/mol. The number of hydrogen-bond donors (Lipinski definition) is 3. The highest BCUT2D eigenvalue weighted by atomic mass is 79.9. The fourth-order valence-corrected chi connectivity index (χ4v) is 1.62. The molecule has 0 aliphatic heterocycles. The third-order valence-electron chi connectivity index (χ3n) is 2.01. The number of aliphatic carboxylic acids is 1. The third-order valence-corrected chi connectivity index (χ3v) is 2.64. The lowest BCUT2D eigenvalue weighted by Gasteiger charge is -2.13. The van der Waals surface area contributed by atoms with E-state index in [0.29, 0.717) is 0 Å². The van der Waals surface area contributed by atoms with Gasteiger partial charge in [0, 0.05) is 6.20 Å². The Labute approximate surface area is 111 Å². The summed E-state index contributed by atoms with van der Waals surface area (Å²) in [5, 5.41) is 11.0. The van der Waals surface area contributed by atoms with Gasteiger partial charge in [-0.05, 0) is 28.1 Å². The Morgan fingerprint density at radius 1 is 1.50 bits per heavy atom. The van der Waals surface area contributed by atoms with Gasteiger partial charge in [0.15, 0.2) is 0 Å². The number of rotatable bonds is 5. The number of carbonyl (C=O) groups is 3. The summed E-state index contributed by atoms with van der Waals surface area (Å²) in [6, 6.07) is 1.64. The predicted molar refractivity (Wildman–Crippen MR) is 64.6 cm³/mol. The lowest BCUT2D eigenvalue weighted by Crippen LogP contribution is -2.43.